The fraction of sp³-hybridized carbons (Fsp3) is 0.364. The summed E-state index contributed by atoms with van der Waals surface area (Å²) in [6, 6.07) is 4.79. The second-order valence-electron chi connectivity index (χ2n) is 3.27. The summed E-state index contributed by atoms with van der Waals surface area (Å²) in [6.45, 7) is -1.19. The average Bonchev–Trinajstić information content (AvgIpc) is 2.23. The van der Waals surface area contributed by atoms with Crippen LogP contribution in [-0.4, -0.2) is 17.7 Å². The highest BCUT2D eigenvalue weighted by Crippen LogP contribution is 2.23. The van der Waals surface area contributed by atoms with Crippen molar-refractivity contribution >= 4 is 21.7 Å². The van der Waals surface area contributed by atoms with Crippen LogP contribution in [0.4, 0.5) is 8.78 Å². The molecule has 0 aliphatic rings. The zero-order valence-electron chi connectivity index (χ0n) is 8.67. The van der Waals surface area contributed by atoms with E-state index in [1.54, 1.807) is 19.1 Å². The lowest BCUT2D eigenvalue weighted by atomic mass is 10.0. The van der Waals surface area contributed by atoms with Crippen molar-refractivity contribution in [2.24, 2.45) is 0 Å². The molecular formula is C11H11BrF2O2. The first-order valence-electron chi connectivity index (χ1n) is 4.65. The minimum Gasteiger partial charge on any atom is -0.435 e. The number of carbonyl (C=O) groups is 1. The van der Waals surface area contributed by atoms with Gasteiger partial charge < -0.3 is 4.74 Å². The zero-order valence-corrected chi connectivity index (χ0v) is 10.3. The van der Waals surface area contributed by atoms with Gasteiger partial charge in [0.25, 0.3) is 0 Å². The Labute approximate surface area is 101 Å². The van der Waals surface area contributed by atoms with Crippen LogP contribution >= 0.6 is 15.9 Å². The van der Waals surface area contributed by atoms with Gasteiger partial charge in [-0.1, -0.05) is 28.1 Å². The molecule has 1 aromatic carbocycles. The number of Topliss-reactive ketones (excluding diaryl/α,β-unsaturated/α-hetero) is 1. The average molecular weight is 293 g/mol. The molecule has 1 aromatic rings. The Morgan fingerprint density at radius 1 is 1.50 bits per heavy atom. The third kappa shape index (κ3) is 3.56. The number of hydrogen-bond acceptors (Lipinski definition) is 2. The Hall–Kier alpha value is -0.970. The van der Waals surface area contributed by atoms with Gasteiger partial charge in [-0.25, -0.2) is 0 Å². The van der Waals surface area contributed by atoms with E-state index >= 15 is 0 Å². The SMILES string of the molecule is Cc1c(CC(=O)CBr)cccc1OC(F)F. The smallest absolute Gasteiger partial charge is 0.387 e. The van der Waals surface area contributed by atoms with Gasteiger partial charge in [0.2, 0.25) is 0 Å². The molecule has 0 amide bonds. The molecule has 0 aliphatic heterocycles. The highest BCUT2D eigenvalue weighted by Gasteiger charge is 2.11. The molecule has 5 heteroatoms. The summed E-state index contributed by atoms with van der Waals surface area (Å²) in [6.07, 6.45) is 0.220. The molecule has 88 valence electrons. The largest absolute Gasteiger partial charge is 0.435 e. The number of rotatable bonds is 5. The fourth-order valence-electron chi connectivity index (χ4n) is 1.33. The summed E-state index contributed by atoms with van der Waals surface area (Å²) in [5.74, 6) is 0.118. The summed E-state index contributed by atoms with van der Waals surface area (Å²) in [5.41, 5.74) is 1.29. The monoisotopic (exact) mass is 292 g/mol. The van der Waals surface area contributed by atoms with Crippen molar-refractivity contribution in [3.8, 4) is 5.75 Å². The Bertz CT molecular complexity index is 380. The molecule has 1 rings (SSSR count). The van der Waals surface area contributed by atoms with Crippen LogP contribution in [0.15, 0.2) is 18.2 Å². The van der Waals surface area contributed by atoms with Crippen LogP contribution in [0.5, 0.6) is 5.75 Å². The van der Waals surface area contributed by atoms with Crippen molar-refractivity contribution in [3.63, 3.8) is 0 Å². The van der Waals surface area contributed by atoms with Gasteiger partial charge in [-0.2, -0.15) is 8.78 Å². The van der Waals surface area contributed by atoms with Crippen LogP contribution in [0.2, 0.25) is 0 Å². The summed E-state index contributed by atoms with van der Waals surface area (Å²) >= 11 is 3.05. The normalized spacial score (nSPS) is 10.6. The molecule has 0 unspecified atom stereocenters. The van der Waals surface area contributed by atoms with E-state index in [0.717, 1.165) is 0 Å². The van der Waals surface area contributed by atoms with Crippen LogP contribution in [-0.2, 0) is 11.2 Å². The Balaban J connectivity index is 2.90. The summed E-state index contributed by atoms with van der Waals surface area (Å²) < 4.78 is 28.5. The Kier molecular flexibility index (Phi) is 4.86. The van der Waals surface area contributed by atoms with Crippen LogP contribution in [0.1, 0.15) is 11.1 Å². The lowest BCUT2D eigenvalue weighted by Crippen LogP contribution is -2.08. The quantitative estimate of drug-likeness (QED) is 0.780. The lowest BCUT2D eigenvalue weighted by molar-refractivity contribution is -0.115. The first kappa shape index (κ1) is 13.1. The maximum Gasteiger partial charge on any atom is 0.387 e. The molecule has 0 atom stereocenters. The standard InChI is InChI=1S/C11H11BrF2O2/c1-7-8(5-9(15)6-12)3-2-4-10(7)16-11(13)14/h2-4,11H,5-6H2,1H3. The molecule has 16 heavy (non-hydrogen) atoms. The fourth-order valence-corrected chi connectivity index (χ4v) is 1.53. The first-order chi connectivity index (χ1) is 7.54. The van der Waals surface area contributed by atoms with E-state index in [2.05, 4.69) is 20.7 Å². The van der Waals surface area contributed by atoms with Crippen LogP contribution in [0.25, 0.3) is 0 Å². The molecule has 0 radical (unpaired) electrons. The molecule has 0 aromatic heterocycles. The summed E-state index contributed by atoms with van der Waals surface area (Å²) in [7, 11) is 0. The number of alkyl halides is 3. The number of carbonyl (C=O) groups excluding carboxylic acids is 1. The van der Waals surface area contributed by atoms with Gasteiger partial charge in [0, 0.05) is 6.42 Å². The van der Waals surface area contributed by atoms with Crippen molar-refractivity contribution in [1.82, 2.24) is 0 Å². The van der Waals surface area contributed by atoms with Gasteiger partial charge in [0.1, 0.15) is 11.5 Å². The number of benzene rings is 1. The zero-order chi connectivity index (χ0) is 12.1. The van der Waals surface area contributed by atoms with Gasteiger partial charge in [-0.15, -0.1) is 0 Å². The molecule has 0 saturated carbocycles. The predicted molar refractivity (Wildman–Crippen MR) is 60.3 cm³/mol. The number of halogens is 3. The van der Waals surface area contributed by atoms with Crippen molar-refractivity contribution in [3.05, 3.63) is 29.3 Å². The van der Waals surface area contributed by atoms with E-state index < -0.39 is 6.61 Å². The molecule has 2 nitrogen and oxygen atoms in total. The van der Waals surface area contributed by atoms with Crippen LogP contribution in [0, 0.1) is 6.92 Å². The second-order valence-corrected chi connectivity index (χ2v) is 3.83. The van der Waals surface area contributed by atoms with Gasteiger partial charge in [0.05, 0.1) is 5.33 Å². The molecule has 0 bridgehead atoms. The topological polar surface area (TPSA) is 26.3 Å². The maximum atomic E-state index is 12.1. The number of ether oxygens (including phenoxy) is 1. The number of hydrogen-bond donors (Lipinski definition) is 0. The highest BCUT2D eigenvalue weighted by molar-refractivity contribution is 9.09. The minimum absolute atomic E-state index is 0.00250. The molecule has 0 saturated heterocycles. The third-order valence-corrected chi connectivity index (χ3v) is 2.77. The highest BCUT2D eigenvalue weighted by atomic mass is 79.9. The molecule has 0 fully saturated rings. The molecule has 0 aliphatic carbocycles. The van der Waals surface area contributed by atoms with E-state index in [1.807, 2.05) is 0 Å². The third-order valence-electron chi connectivity index (χ3n) is 2.15. The molecule has 0 N–H and O–H groups in total. The second kappa shape index (κ2) is 5.94. The van der Waals surface area contributed by atoms with Crippen molar-refractivity contribution < 1.29 is 18.3 Å². The number of ketones is 1. The molecule has 0 spiro atoms. The maximum absolute atomic E-state index is 12.1. The summed E-state index contributed by atoms with van der Waals surface area (Å²) in [5, 5.41) is 0.256. The van der Waals surface area contributed by atoms with E-state index in [9.17, 15) is 13.6 Å². The van der Waals surface area contributed by atoms with Gasteiger partial charge >= 0.3 is 6.61 Å². The Morgan fingerprint density at radius 2 is 2.19 bits per heavy atom. The molecule has 0 heterocycles. The molecular weight excluding hydrogens is 282 g/mol. The van der Waals surface area contributed by atoms with E-state index in [1.165, 1.54) is 6.07 Å². The summed E-state index contributed by atoms with van der Waals surface area (Å²) in [4.78, 5) is 11.2. The van der Waals surface area contributed by atoms with Gasteiger partial charge in [-0.3, -0.25) is 4.79 Å². The first-order valence-corrected chi connectivity index (χ1v) is 5.77. The van der Waals surface area contributed by atoms with E-state index in [-0.39, 0.29) is 23.3 Å². The van der Waals surface area contributed by atoms with Crippen molar-refractivity contribution in [2.45, 2.75) is 20.0 Å². The minimum atomic E-state index is -2.85. The van der Waals surface area contributed by atoms with E-state index in [0.29, 0.717) is 11.1 Å². The van der Waals surface area contributed by atoms with Gasteiger partial charge in [0.15, 0.2) is 0 Å². The van der Waals surface area contributed by atoms with E-state index in [4.69, 9.17) is 0 Å². The van der Waals surface area contributed by atoms with Gasteiger partial charge in [-0.05, 0) is 24.1 Å². The lowest BCUT2D eigenvalue weighted by Gasteiger charge is -2.11. The van der Waals surface area contributed by atoms with Crippen LogP contribution < -0.4 is 4.74 Å². The predicted octanol–water partition coefficient (Wildman–Crippen LogP) is 3.10. The van der Waals surface area contributed by atoms with Crippen LogP contribution in [0.3, 0.4) is 0 Å². The Morgan fingerprint density at radius 3 is 2.75 bits per heavy atom. The van der Waals surface area contributed by atoms with Crippen molar-refractivity contribution in [1.29, 1.82) is 0 Å². The van der Waals surface area contributed by atoms with Crippen molar-refractivity contribution in [2.75, 3.05) is 5.33 Å².